The molecule has 3 aromatic rings. The summed E-state index contributed by atoms with van der Waals surface area (Å²) in [4.78, 5) is 28.4. The molecule has 2 aromatic carbocycles. The highest BCUT2D eigenvalue weighted by molar-refractivity contribution is 7.15. The first-order valence-electron chi connectivity index (χ1n) is 12.9. The van der Waals surface area contributed by atoms with Crippen molar-refractivity contribution in [1.29, 1.82) is 0 Å². The van der Waals surface area contributed by atoms with E-state index in [0.717, 1.165) is 54.9 Å². The van der Waals surface area contributed by atoms with Crippen molar-refractivity contribution < 1.29 is 23.8 Å². The lowest BCUT2D eigenvalue weighted by molar-refractivity contribution is -0.185. The molecule has 5 rings (SSSR count). The minimum Gasteiger partial charge on any atom is -0.497 e. The smallest absolute Gasteiger partial charge is 0.274 e. The fourth-order valence-electron chi connectivity index (χ4n) is 4.81. The molecule has 2 amide bonds. The summed E-state index contributed by atoms with van der Waals surface area (Å²) in [5, 5.41) is 9.32. The number of methoxy groups -OCH3 is 1. The van der Waals surface area contributed by atoms with E-state index in [1.807, 2.05) is 54.8 Å². The van der Waals surface area contributed by atoms with Gasteiger partial charge in [-0.15, -0.1) is 11.3 Å². The number of hydrogen-bond donors (Lipinski definition) is 2. The van der Waals surface area contributed by atoms with E-state index in [9.17, 15) is 9.59 Å². The molecule has 0 radical (unpaired) electrons. The number of piperidine rings is 1. The van der Waals surface area contributed by atoms with Gasteiger partial charge in [0.15, 0.2) is 5.79 Å². The first-order valence-corrected chi connectivity index (χ1v) is 13.8. The van der Waals surface area contributed by atoms with Crippen LogP contribution in [0.4, 0.5) is 5.00 Å². The quantitative estimate of drug-likeness (QED) is 0.319. The van der Waals surface area contributed by atoms with Gasteiger partial charge in [-0.1, -0.05) is 12.1 Å². The van der Waals surface area contributed by atoms with Gasteiger partial charge in [-0.05, 0) is 65.4 Å². The van der Waals surface area contributed by atoms with Gasteiger partial charge in [0.1, 0.15) is 10.8 Å². The molecule has 2 saturated heterocycles. The van der Waals surface area contributed by atoms with Crippen LogP contribution in [0.1, 0.15) is 50.2 Å². The lowest BCUT2D eigenvalue weighted by Crippen LogP contribution is -2.44. The molecule has 2 fully saturated rings. The predicted molar refractivity (Wildman–Crippen MR) is 151 cm³/mol. The van der Waals surface area contributed by atoms with Gasteiger partial charge in [-0.3, -0.25) is 14.5 Å². The number of rotatable bonds is 8. The second-order valence-corrected chi connectivity index (χ2v) is 10.5. The first-order chi connectivity index (χ1) is 18.9. The van der Waals surface area contributed by atoms with Crippen LogP contribution in [0, 0.1) is 6.92 Å². The second kappa shape index (κ2) is 12.1. The zero-order valence-electron chi connectivity index (χ0n) is 22.1. The number of anilines is 1. The molecular formula is C29H32N4O5S. The van der Waals surface area contributed by atoms with Crippen LogP contribution in [0.15, 0.2) is 59.0 Å². The van der Waals surface area contributed by atoms with Gasteiger partial charge >= 0.3 is 0 Å². The van der Waals surface area contributed by atoms with E-state index in [-0.39, 0.29) is 11.8 Å². The molecular weight excluding hydrogens is 516 g/mol. The van der Waals surface area contributed by atoms with E-state index in [0.29, 0.717) is 29.3 Å². The number of nitrogens with one attached hydrogen (secondary N) is 2. The van der Waals surface area contributed by atoms with E-state index >= 15 is 0 Å². The molecule has 0 bridgehead atoms. The summed E-state index contributed by atoms with van der Waals surface area (Å²) in [6, 6.07) is 14.9. The molecule has 2 N–H and O–H groups in total. The maximum absolute atomic E-state index is 13.1. The Morgan fingerprint density at radius 3 is 2.56 bits per heavy atom. The van der Waals surface area contributed by atoms with Crippen LogP contribution in [0.2, 0.25) is 0 Å². The fourth-order valence-corrected chi connectivity index (χ4v) is 5.75. The number of likely N-dealkylation sites (tertiary alicyclic amines) is 1. The van der Waals surface area contributed by atoms with Gasteiger partial charge in [0.25, 0.3) is 11.8 Å². The molecule has 1 aromatic heterocycles. The molecule has 0 aliphatic carbocycles. The largest absolute Gasteiger partial charge is 0.497 e. The number of hydrogen-bond acceptors (Lipinski definition) is 8. The standard InChI is InChI=1S/C29H32N4O5S/c1-20-19-39-28(25(20)27(35)32-30-17-21-6-8-24(36-2)9-7-21)31-26(34)23-5-3-4-22(16-23)18-33-12-10-29(11-13-33)37-14-15-38-29/h3-9,16-17,19H,10-15,18H2,1-2H3,(H,31,34)(H,32,35)/b30-17+. The molecule has 10 heteroatoms. The van der Waals surface area contributed by atoms with Gasteiger partial charge in [-0.2, -0.15) is 5.10 Å². The Morgan fingerprint density at radius 1 is 1.10 bits per heavy atom. The summed E-state index contributed by atoms with van der Waals surface area (Å²) < 4.78 is 16.8. The maximum atomic E-state index is 13.1. The zero-order chi connectivity index (χ0) is 27.2. The van der Waals surface area contributed by atoms with E-state index in [1.165, 1.54) is 11.3 Å². The third kappa shape index (κ3) is 6.54. The summed E-state index contributed by atoms with van der Waals surface area (Å²) in [7, 11) is 1.60. The Bertz CT molecular complexity index is 1340. The van der Waals surface area contributed by atoms with E-state index < -0.39 is 5.79 Å². The van der Waals surface area contributed by atoms with Crippen molar-refractivity contribution in [2.24, 2.45) is 5.10 Å². The zero-order valence-corrected chi connectivity index (χ0v) is 22.9. The summed E-state index contributed by atoms with van der Waals surface area (Å²) >= 11 is 1.31. The SMILES string of the molecule is COc1ccc(/C=N/NC(=O)c2c(C)csc2NC(=O)c2cccc(CN3CCC4(CC3)OCCO4)c2)cc1. The van der Waals surface area contributed by atoms with E-state index in [1.54, 1.807) is 19.4 Å². The highest BCUT2D eigenvalue weighted by atomic mass is 32.1. The molecule has 0 saturated carbocycles. The molecule has 3 heterocycles. The second-order valence-electron chi connectivity index (χ2n) is 9.63. The lowest BCUT2D eigenvalue weighted by Gasteiger charge is -2.37. The topological polar surface area (TPSA) is 101 Å². The highest BCUT2D eigenvalue weighted by Gasteiger charge is 2.39. The van der Waals surface area contributed by atoms with Crippen LogP contribution in [0.3, 0.4) is 0 Å². The Balaban J connectivity index is 1.19. The van der Waals surface area contributed by atoms with Crippen LogP contribution in [0.25, 0.3) is 0 Å². The summed E-state index contributed by atoms with van der Waals surface area (Å²) in [6.07, 6.45) is 3.25. The molecule has 2 aliphatic rings. The van der Waals surface area contributed by atoms with Crippen LogP contribution in [0.5, 0.6) is 5.75 Å². The van der Waals surface area contributed by atoms with E-state index in [4.69, 9.17) is 14.2 Å². The van der Waals surface area contributed by atoms with Crippen molar-refractivity contribution in [1.82, 2.24) is 10.3 Å². The van der Waals surface area contributed by atoms with Crippen molar-refractivity contribution in [2.75, 3.05) is 38.7 Å². The molecule has 204 valence electrons. The normalized spacial score (nSPS) is 17.0. The van der Waals surface area contributed by atoms with Crippen LogP contribution >= 0.6 is 11.3 Å². The van der Waals surface area contributed by atoms with Crippen molar-refractivity contribution in [3.63, 3.8) is 0 Å². The average Bonchev–Trinajstić information content (AvgIpc) is 3.56. The Morgan fingerprint density at radius 2 is 1.85 bits per heavy atom. The van der Waals surface area contributed by atoms with Crippen molar-refractivity contribution >= 4 is 34.4 Å². The molecule has 9 nitrogen and oxygen atoms in total. The predicted octanol–water partition coefficient (Wildman–Crippen LogP) is 4.42. The van der Waals surface area contributed by atoms with Crippen molar-refractivity contribution in [3.8, 4) is 5.75 Å². The van der Waals surface area contributed by atoms with Gasteiger partial charge in [-0.25, -0.2) is 5.43 Å². The molecule has 0 atom stereocenters. The van der Waals surface area contributed by atoms with Gasteiger partial charge in [0, 0.05) is 38.0 Å². The summed E-state index contributed by atoms with van der Waals surface area (Å²) in [5.41, 5.74) is 6.13. The summed E-state index contributed by atoms with van der Waals surface area (Å²) in [6.45, 7) is 5.67. The third-order valence-corrected chi connectivity index (χ3v) is 7.96. The van der Waals surface area contributed by atoms with Crippen LogP contribution in [-0.4, -0.2) is 62.1 Å². The maximum Gasteiger partial charge on any atom is 0.274 e. The van der Waals surface area contributed by atoms with E-state index in [2.05, 4.69) is 20.7 Å². The fraction of sp³-hybridized carbons (Fsp3) is 0.345. The van der Waals surface area contributed by atoms with Gasteiger partial charge in [0.05, 0.1) is 32.1 Å². The van der Waals surface area contributed by atoms with Crippen LogP contribution in [-0.2, 0) is 16.0 Å². The number of hydrazone groups is 1. The molecule has 39 heavy (non-hydrogen) atoms. The number of amides is 2. The number of nitrogens with zero attached hydrogens (tertiary/aromatic N) is 2. The number of aryl methyl sites for hydroxylation is 1. The number of benzene rings is 2. The highest BCUT2D eigenvalue weighted by Crippen LogP contribution is 2.32. The minimum atomic E-state index is -0.401. The minimum absolute atomic E-state index is 0.264. The van der Waals surface area contributed by atoms with Gasteiger partial charge in [0.2, 0.25) is 0 Å². The van der Waals surface area contributed by atoms with Crippen molar-refractivity contribution in [2.45, 2.75) is 32.1 Å². The summed E-state index contributed by atoms with van der Waals surface area (Å²) in [5.74, 6) is -0.312. The Labute approximate surface area is 231 Å². The number of thiophene rings is 1. The monoisotopic (exact) mass is 548 g/mol. The number of carbonyl (C=O) groups is 2. The number of ether oxygens (including phenoxy) is 3. The third-order valence-electron chi connectivity index (χ3n) is 6.95. The van der Waals surface area contributed by atoms with Crippen molar-refractivity contribution in [3.05, 3.63) is 81.7 Å². The lowest BCUT2D eigenvalue weighted by atomic mass is 10.0. The molecule has 2 aliphatic heterocycles. The first kappa shape index (κ1) is 27.0. The van der Waals surface area contributed by atoms with Crippen LogP contribution < -0.4 is 15.5 Å². The van der Waals surface area contributed by atoms with Gasteiger partial charge < -0.3 is 19.5 Å². The number of carbonyl (C=O) groups excluding carboxylic acids is 2. The molecule has 0 unspecified atom stereocenters. The molecule has 1 spiro atoms. The Kier molecular flexibility index (Phi) is 8.37. The average molecular weight is 549 g/mol. The Hall–Kier alpha value is -3.57.